The topological polar surface area (TPSA) is 64.6 Å². The molecule has 1 aromatic carbocycles. The zero-order valence-corrected chi connectivity index (χ0v) is 18.5. The number of nitrogens with one attached hydrogen (secondary N) is 1. The number of halogens is 1. The number of esters is 1. The van der Waals surface area contributed by atoms with Crippen molar-refractivity contribution in [1.82, 2.24) is 0 Å². The highest BCUT2D eigenvalue weighted by Gasteiger charge is 2.28. The normalized spacial score (nSPS) is 12.5. The van der Waals surface area contributed by atoms with E-state index in [0.29, 0.717) is 22.9 Å². The summed E-state index contributed by atoms with van der Waals surface area (Å²) in [7, 11) is 0. The van der Waals surface area contributed by atoms with Crippen molar-refractivity contribution in [3.05, 3.63) is 44.2 Å². The summed E-state index contributed by atoms with van der Waals surface area (Å²) in [5.74, 6) is -0.0447. The Bertz CT molecular complexity index is 878. The number of thiophene rings is 1. The third kappa shape index (κ3) is 4.75. The molecule has 0 saturated heterocycles. The zero-order valence-electron chi connectivity index (χ0n) is 16.1. The van der Waals surface area contributed by atoms with Gasteiger partial charge in [-0.05, 0) is 71.8 Å². The standard InChI is InChI=1S/C21H24BrNO4S/c1-3-6-13-9-10-16(15(22)11-13)27-12-18(24)23-20-19(21(25)26-4-2)14-7-5-8-17(14)28-20/h9-11H,3-8,12H2,1-2H3,(H,23,24). The van der Waals surface area contributed by atoms with Crippen molar-refractivity contribution in [2.24, 2.45) is 0 Å². The second kappa shape index (κ2) is 9.56. The summed E-state index contributed by atoms with van der Waals surface area (Å²) in [5, 5.41) is 3.40. The van der Waals surface area contributed by atoms with Gasteiger partial charge < -0.3 is 14.8 Å². The second-order valence-electron chi connectivity index (χ2n) is 6.63. The van der Waals surface area contributed by atoms with Gasteiger partial charge in [0.05, 0.1) is 16.6 Å². The van der Waals surface area contributed by atoms with Gasteiger partial charge >= 0.3 is 5.97 Å². The van der Waals surface area contributed by atoms with E-state index in [1.807, 2.05) is 18.2 Å². The van der Waals surface area contributed by atoms with Crippen LogP contribution in [0.25, 0.3) is 0 Å². The van der Waals surface area contributed by atoms with E-state index in [1.165, 1.54) is 16.9 Å². The van der Waals surface area contributed by atoms with E-state index in [9.17, 15) is 9.59 Å². The van der Waals surface area contributed by atoms with Crippen molar-refractivity contribution in [3.63, 3.8) is 0 Å². The summed E-state index contributed by atoms with van der Waals surface area (Å²) < 4.78 is 11.7. The molecule has 7 heteroatoms. The van der Waals surface area contributed by atoms with Gasteiger partial charge in [-0.1, -0.05) is 19.4 Å². The highest BCUT2D eigenvalue weighted by molar-refractivity contribution is 9.10. The third-order valence-electron chi connectivity index (χ3n) is 4.55. The largest absolute Gasteiger partial charge is 0.483 e. The molecule has 0 spiro atoms. The molecule has 0 bridgehead atoms. The summed E-state index contributed by atoms with van der Waals surface area (Å²) in [5.41, 5.74) is 2.75. The third-order valence-corrected chi connectivity index (χ3v) is 6.37. The first-order chi connectivity index (χ1) is 13.5. The predicted molar refractivity (Wildman–Crippen MR) is 115 cm³/mol. The average Bonchev–Trinajstić information content (AvgIpc) is 3.22. The van der Waals surface area contributed by atoms with Gasteiger partial charge in [-0.25, -0.2) is 4.79 Å². The Labute approximate surface area is 177 Å². The minimum absolute atomic E-state index is 0.128. The molecule has 28 heavy (non-hydrogen) atoms. The molecule has 1 N–H and O–H groups in total. The summed E-state index contributed by atoms with van der Waals surface area (Å²) in [4.78, 5) is 26.0. The van der Waals surface area contributed by atoms with Crippen molar-refractivity contribution in [2.75, 3.05) is 18.5 Å². The monoisotopic (exact) mass is 465 g/mol. The first-order valence-electron chi connectivity index (χ1n) is 9.56. The van der Waals surface area contributed by atoms with Crippen LogP contribution in [-0.4, -0.2) is 25.1 Å². The predicted octanol–water partition coefficient (Wildman–Crippen LogP) is 5.15. The first-order valence-corrected chi connectivity index (χ1v) is 11.2. The molecule has 0 aliphatic heterocycles. The SMILES string of the molecule is CCCc1ccc(OCC(=O)Nc2sc3c(c2C(=O)OCC)CCC3)c(Br)c1. The summed E-state index contributed by atoms with van der Waals surface area (Å²) in [6.45, 7) is 4.09. The molecule has 1 aromatic heterocycles. The first kappa shape index (κ1) is 20.9. The summed E-state index contributed by atoms with van der Waals surface area (Å²) >= 11 is 4.96. The van der Waals surface area contributed by atoms with E-state index in [1.54, 1.807) is 6.92 Å². The Morgan fingerprint density at radius 3 is 2.79 bits per heavy atom. The van der Waals surface area contributed by atoms with Crippen LogP contribution in [0.5, 0.6) is 5.75 Å². The van der Waals surface area contributed by atoms with Crippen LogP contribution in [0.4, 0.5) is 5.00 Å². The molecular weight excluding hydrogens is 442 g/mol. The number of fused-ring (bicyclic) bond motifs is 1. The fraction of sp³-hybridized carbons (Fsp3) is 0.429. The molecule has 1 amide bonds. The maximum absolute atomic E-state index is 12.4. The van der Waals surface area contributed by atoms with Crippen LogP contribution in [0, 0.1) is 0 Å². The highest BCUT2D eigenvalue weighted by Crippen LogP contribution is 2.39. The van der Waals surface area contributed by atoms with E-state index in [2.05, 4.69) is 28.2 Å². The smallest absolute Gasteiger partial charge is 0.341 e. The van der Waals surface area contributed by atoms with Gasteiger partial charge in [-0.15, -0.1) is 11.3 Å². The Hall–Kier alpha value is -1.86. The van der Waals surface area contributed by atoms with Crippen molar-refractivity contribution >= 4 is 44.1 Å². The van der Waals surface area contributed by atoms with Crippen LogP contribution in [-0.2, 0) is 28.8 Å². The van der Waals surface area contributed by atoms with Gasteiger partial charge in [0.15, 0.2) is 6.61 Å². The highest BCUT2D eigenvalue weighted by atomic mass is 79.9. The molecule has 150 valence electrons. The van der Waals surface area contributed by atoms with Crippen LogP contribution in [0.1, 0.15) is 53.1 Å². The van der Waals surface area contributed by atoms with Crippen molar-refractivity contribution in [2.45, 2.75) is 46.0 Å². The maximum atomic E-state index is 12.4. The number of rotatable bonds is 8. The molecule has 1 aliphatic carbocycles. The molecule has 1 heterocycles. The van der Waals surface area contributed by atoms with E-state index >= 15 is 0 Å². The van der Waals surface area contributed by atoms with Gasteiger partial charge in [0.1, 0.15) is 10.8 Å². The molecule has 3 rings (SSSR count). The average molecular weight is 466 g/mol. The summed E-state index contributed by atoms with van der Waals surface area (Å²) in [6, 6.07) is 5.88. The Morgan fingerprint density at radius 1 is 1.25 bits per heavy atom. The fourth-order valence-electron chi connectivity index (χ4n) is 3.32. The number of benzene rings is 1. The number of aryl methyl sites for hydroxylation is 2. The molecule has 0 atom stereocenters. The number of carbonyl (C=O) groups is 2. The van der Waals surface area contributed by atoms with Crippen molar-refractivity contribution in [3.8, 4) is 5.75 Å². The van der Waals surface area contributed by atoms with Gasteiger partial charge in [0.2, 0.25) is 0 Å². The van der Waals surface area contributed by atoms with Crippen LogP contribution in [0.3, 0.4) is 0 Å². The number of hydrogen-bond donors (Lipinski definition) is 1. The number of ether oxygens (including phenoxy) is 2. The molecule has 5 nitrogen and oxygen atoms in total. The van der Waals surface area contributed by atoms with Crippen LogP contribution in [0.15, 0.2) is 22.7 Å². The van der Waals surface area contributed by atoms with Gasteiger partial charge in [0, 0.05) is 4.88 Å². The minimum atomic E-state index is -0.368. The fourth-order valence-corrected chi connectivity index (χ4v) is 5.16. The molecular formula is C21H24BrNO4S. The Balaban J connectivity index is 1.66. The van der Waals surface area contributed by atoms with Crippen LogP contribution >= 0.6 is 27.3 Å². The molecule has 2 aromatic rings. The lowest BCUT2D eigenvalue weighted by atomic mass is 10.1. The van der Waals surface area contributed by atoms with E-state index < -0.39 is 0 Å². The molecule has 0 saturated carbocycles. The number of carbonyl (C=O) groups excluding carboxylic acids is 2. The van der Waals surface area contributed by atoms with Crippen molar-refractivity contribution < 1.29 is 19.1 Å². The van der Waals surface area contributed by atoms with E-state index in [4.69, 9.17) is 9.47 Å². The molecule has 1 aliphatic rings. The molecule has 0 unspecified atom stereocenters. The zero-order chi connectivity index (χ0) is 20.1. The van der Waals surface area contributed by atoms with Gasteiger partial charge in [0.25, 0.3) is 5.91 Å². The van der Waals surface area contributed by atoms with Crippen LogP contribution < -0.4 is 10.1 Å². The second-order valence-corrected chi connectivity index (χ2v) is 8.59. The van der Waals surface area contributed by atoms with Gasteiger partial charge in [-0.2, -0.15) is 0 Å². The lowest BCUT2D eigenvalue weighted by Crippen LogP contribution is -2.21. The lowest BCUT2D eigenvalue weighted by molar-refractivity contribution is -0.118. The number of anilines is 1. The number of amides is 1. The maximum Gasteiger partial charge on any atom is 0.341 e. The quantitative estimate of drug-likeness (QED) is 0.547. The summed E-state index contributed by atoms with van der Waals surface area (Å²) in [6.07, 6.45) is 4.90. The van der Waals surface area contributed by atoms with Crippen molar-refractivity contribution in [1.29, 1.82) is 0 Å². The minimum Gasteiger partial charge on any atom is -0.483 e. The molecule has 0 radical (unpaired) electrons. The van der Waals surface area contributed by atoms with Gasteiger partial charge in [-0.3, -0.25) is 4.79 Å². The van der Waals surface area contributed by atoms with E-state index in [-0.39, 0.29) is 18.5 Å². The van der Waals surface area contributed by atoms with E-state index in [0.717, 1.165) is 47.0 Å². The Morgan fingerprint density at radius 2 is 2.07 bits per heavy atom. The number of hydrogen-bond acceptors (Lipinski definition) is 5. The molecule has 0 fully saturated rings. The Kier molecular flexibility index (Phi) is 7.13. The van der Waals surface area contributed by atoms with Crippen LogP contribution in [0.2, 0.25) is 0 Å². The lowest BCUT2D eigenvalue weighted by Gasteiger charge is -2.11.